The SMILES string of the molecule is NC(=O)c1cc(-c2ccc(C(F)(F)F)nc2)c(OCc2cccnc2)cn1. The highest BCUT2D eigenvalue weighted by molar-refractivity contribution is 5.92. The molecule has 27 heavy (non-hydrogen) atoms. The molecule has 3 rings (SSSR count). The first-order valence-corrected chi connectivity index (χ1v) is 7.70. The third-order valence-corrected chi connectivity index (χ3v) is 3.60. The Kier molecular flexibility index (Phi) is 5.02. The summed E-state index contributed by atoms with van der Waals surface area (Å²) in [6, 6.07) is 6.99. The summed E-state index contributed by atoms with van der Waals surface area (Å²) in [7, 11) is 0. The highest BCUT2D eigenvalue weighted by Gasteiger charge is 2.32. The van der Waals surface area contributed by atoms with E-state index in [1.165, 1.54) is 18.3 Å². The van der Waals surface area contributed by atoms with Gasteiger partial charge in [-0.3, -0.25) is 14.8 Å². The molecule has 0 atom stereocenters. The predicted octanol–water partition coefficient (Wildman–Crippen LogP) is 3.24. The van der Waals surface area contributed by atoms with E-state index in [4.69, 9.17) is 10.5 Å². The average Bonchev–Trinajstić information content (AvgIpc) is 2.66. The molecule has 0 aromatic carbocycles. The van der Waals surface area contributed by atoms with Gasteiger partial charge < -0.3 is 10.5 Å². The van der Waals surface area contributed by atoms with Crippen molar-refractivity contribution < 1.29 is 22.7 Å². The zero-order valence-corrected chi connectivity index (χ0v) is 13.8. The Bertz CT molecular complexity index is 945. The minimum absolute atomic E-state index is 0.0429. The normalized spacial score (nSPS) is 11.2. The van der Waals surface area contributed by atoms with Crippen molar-refractivity contribution in [2.24, 2.45) is 5.73 Å². The Morgan fingerprint density at radius 2 is 1.93 bits per heavy atom. The molecule has 0 aliphatic heterocycles. The van der Waals surface area contributed by atoms with Gasteiger partial charge >= 0.3 is 6.18 Å². The van der Waals surface area contributed by atoms with Crippen molar-refractivity contribution in [2.45, 2.75) is 12.8 Å². The van der Waals surface area contributed by atoms with E-state index in [1.807, 2.05) is 0 Å². The summed E-state index contributed by atoms with van der Waals surface area (Å²) >= 11 is 0. The van der Waals surface area contributed by atoms with Gasteiger partial charge in [-0.25, -0.2) is 4.98 Å². The topological polar surface area (TPSA) is 91.0 Å². The number of aromatic nitrogens is 3. The molecule has 0 fully saturated rings. The molecule has 9 heteroatoms. The molecular formula is C18H13F3N4O2. The van der Waals surface area contributed by atoms with Gasteiger partial charge in [0, 0.05) is 35.3 Å². The lowest BCUT2D eigenvalue weighted by atomic mass is 10.1. The quantitative estimate of drug-likeness (QED) is 0.740. The number of nitrogens with two attached hydrogens (primary N) is 1. The fourth-order valence-corrected chi connectivity index (χ4v) is 2.28. The minimum Gasteiger partial charge on any atom is -0.487 e. The minimum atomic E-state index is -4.55. The maximum atomic E-state index is 12.7. The number of rotatable bonds is 5. The van der Waals surface area contributed by atoms with Crippen molar-refractivity contribution in [3.63, 3.8) is 0 Å². The van der Waals surface area contributed by atoms with Crippen molar-refractivity contribution in [1.29, 1.82) is 0 Å². The first kappa shape index (κ1) is 18.3. The second kappa shape index (κ2) is 7.40. The van der Waals surface area contributed by atoms with Gasteiger partial charge in [0.15, 0.2) is 0 Å². The van der Waals surface area contributed by atoms with E-state index in [-0.39, 0.29) is 18.1 Å². The van der Waals surface area contributed by atoms with Crippen LogP contribution in [0.25, 0.3) is 11.1 Å². The molecule has 138 valence electrons. The summed E-state index contributed by atoms with van der Waals surface area (Å²) in [4.78, 5) is 22.7. The van der Waals surface area contributed by atoms with E-state index in [9.17, 15) is 18.0 Å². The summed E-state index contributed by atoms with van der Waals surface area (Å²) in [5, 5.41) is 0. The Labute approximate surface area is 151 Å². The summed E-state index contributed by atoms with van der Waals surface area (Å²) in [5.74, 6) is -0.500. The Hall–Kier alpha value is -3.49. The van der Waals surface area contributed by atoms with E-state index in [2.05, 4.69) is 15.0 Å². The highest BCUT2D eigenvalue weighted by Crippen LogP contribution is 2.33. The van der Waals surface area contributed by atoms with Gasteiger partial charge in [0.1, 0.15) is 23.7 Å². The number of alkyl halides is 3. The van der Waals surface area contributed by atoms with Gasteiger partial charge in [0.05, 0.1) is 6.20 Å². The molecule has 3 aromatic heterocycles. The molecule has 0 aliphatic rings. The molecular weight excluding hydrogens is 361 g/mol. The number of nitrogens with zero attached hydrogens (tertiary/aromatic N) is 3. The fraction of sp³-hybridized carbons (Fsp3) is 0.111. The Morgan fingerprint density at radius 3 is 2.52 bits per heavy atom. The average molecular weight is 374 g/mol. The van der Waals surface area contributed by atoms with Crippen LogP contribution in [0.15, 0.2) is 55.1 Å². The van der Waals surface area contributed by atoms with Crippen molar-refractivity contribution in [3.05, 3.63) is 72.1 Å². The summed E-state index contributed by atoms with van der Waals surface area (Å²) < 4.78 is 43.9. The van der Waals surface area contributed by atoms with Crippen molar-refractivity contribution in [3.8, 4) is 16.9 Å². The number of hydrogen-bond acceptors (Lipinski definition) is 5. The van der Waals surface area contributed by atoms with Crippen LogP contribution in [0.2, 0.25) is 0 Å². The molecule has 0 bridgehead atoms. The molecule has 0 unspecified atom stereocenters. The fourth-order valence-electron chi connectivity index (χ4n) is 2.28. The van der Waals surface area contributed by atoms with Crippen LogP contribution < -0.4 is 10.5 Å². The van der Waals surface area contributed by atoms with Gasteiger partial charge in [-0.05, 0) is 18.2 Å². The molecule has 0 radical (unpaired) electrons. The number of amides is 1. The van der Waals surface area contributed by atoms with E-state index >= 15 is 0 Å². The second-order valence-corrected chi connectivity index (χ2v) is 5.51. The predicted molar refractivity (Wildman–Crippen MR) is 89.6 cm³/mol. The van der Waals surface area contributed by atoms with E-state index in [0.29, 0.717) is 11.1 Å². The lowest BCUT2D eigenvalue weighted by Gasteiger charge is -2.13. The molecule has 3 heterocycles. The van der Waals surface area contributed by atoms with Crippen LogP contribution in [0, 0.1) is 0 Å². The van der Waals surface area contributed by atoms with E-state index in [1.54, 1.807) is 24.5 Å². The lowest BCUT2D eigenvalue weighted by molar-refractivity contribution is -0.141. The summed E-state index contributed by atoms with van der Waals surface area (Å²) in [6.45, 7) is 0.159. The maximum absolute atomic E-state index is 12.7. The number of carbonyl (C=O) groups is 1. The highest BCUT2D eigenvalue weighted by atomic mass is 19.4. The van der Waals surface area contributed by atoms with E-state index in [0.717, 1.165) is 17.8 Å². The molecule has 6 nitrogen and oxygen atoms in total. The van der Waals surface area contributed by atoms with Crippen LogP contribution in [0.1, 0.15) is 21.7 Å². The number of pyridine rings is 3. The van der Waals surface area contributed by atoms with Crippen molar-refractivity contribution >= 4 is 5.91 Å². The number of carbonyl (C=O) groups excluding carboxylic acids is 1. The van der Waals surface area contributed by atoms with Gasteiger partial charge in [-0.2, -0.15) is 13.2 Å². The third-order valence-electron chi connectivity index (χ3n) is 3.60. The van der Waals surface area contributed by atoms with Gasteiger partial charge in [-0.15, -0.1) is 0 Å². The van der Waals surface area contributed by atoms with Gasteiger partial charge in [-0.1, -0.05) is 12.1 Å². The zero-order chi connectivity index (χ0) is 19.4. The Balaban J connectivity index is 1.95. The first-order chi connectivity index (χ1) is 12.8. The Morgan fingerprint density at radius 1 is 1.11 bits per heavy atom. The maximum Gasteiger partial charge on any atom is 0.433 e. The van der Waals surface area contributed by atoms with Crippen LogP contribution in [0.5, 0.6) is 5.75 Å². The monoisotopic (exact) mass is 374 g/mol. The largest absolute Gasteiger partial charge is 0.487 e. The van der Waals surface area contributed by atoms with Gasteiger partial charge in [0.25, 0.3) is 5.91 Å². The molecule has 0 saturated carbocycles. The number of halogens is 3. The van der Waals surface area contributed by atoms with Crippen LogP contribution in [0.4, 0.5) is 13.2 Å². The molecule has 0 saturated heterocycles. The van der Waals surface area contributed by atoms with Crippen LogP contribution in [-0.2, 0) is 12.8 Å². The van der Waals surface area contributed by atoms with Crippen molar-refractivity contribution in [2.75, 3.05) is 0 Å². The first-order valence-electron chi connectivity index (χ1n) is 7.70. The molecule has 0 aliphatic carbocycles. The molecule has 0 spiro atoms. The number of ether oxygens (including phenoxy) is 1. The summed E-state index contributed by atoms with van der Waals surface area (Å²) in [5.41, 5.74) is 5.64. The van der Waals surface area contributed by atoms with Crippen LogP contribution in [-0.4, -0.2) is 20.9 Å². The third kappa shape index (κ3) is 4.38. The molecule has 1 amide bonds. The molecule has 3 aromatic rings. The zero-order valence-electron chi connectivity index (χ0n) is 13.8. The lowest BCUT2D eigenvalue weighted by Crippen LogP contribution is -2.13. The summed E-state index contributed by atoms with van der Waals surface area (Å²) in [6.07, 6.45) is 1.04. The molecule has 2 N–H and O–H groups in total. The second-order valence-electron chi connectivity index (χ2n) is 5.51. The van der Waals surface area contributed by atoms with Crippen LogP contribution in [0.3, 0.4) is 0 Å². The van der Waals surface area contributed by atoms with Gasteiger partial charge in [0.2, 0.25) is 0 Å². The number of hydrogen-bond donors (Lipinski definition) is 1. The van der Waals surface area contributed by atoms with Crippen molar-refractivity contribution in [1.82, 2.24) is 15.0 Å². The smallest absolute Gasteiger partial charge is 0.433 e. The van der Waals surface area contributed by atoms with E-state index < -0.39 is 17.8 Å². The van der Waals surface area contributed by atoms with Crippen LogP contribution >= 0.6 is 0 Å². The number of primary amides is 1. The standard InChI is InChI=1S/C18H13F3N4O2/c19-18(20,21)16-4-3-12(8-25-16)13-6-14(17(22)26)24-9-15(13)27-10-11-2-1-5-23-7-11/h1-9H,10H2,(H2,22,26).